The van der Waals surface area contributed by atoms with E-state index >= 15 is 0 Å². The van der Waals surface area contributed by atoms with Gasteiger partial charge in [0.05, 0.1) is 17.5 Å². The summed E-state index contributed by atoms with van der Waals surface area (Å²) in [5, 5.41) is 0. The van der Waals surface area contributed by atoms with E-state index < -0.39 is 0 Å². The highest BCUT2D eigenvalue weighted by Crippen LogP contribution is 2.36. The van der Waals surface area contributed by atoms with Crippen molar-refractivity contribution in [1.82, 2.24) is 9.67 Å². The number of hydrogen-bond acceptors (Lipinski definition) is 1. The molecule has 0 aliphatic carbocycles. The SMILES string of the molecule is Cc1ccnc(C)c1-n1cc(-c2c(C(C)C)cccc2C(C)C)c[n+]1C. The van der Waals surface area contributed by atoms with Crippen molar-refractivity contribution in [2.45, 2.75) is 53.4 Å². The molecule has 3 heteroatoms. The highest BCUT2D eigenvalue weighted by atomic mass is 15.4. The average molecular weight is 349 g/mol. The summed E-state index contributed by atoms with van der Waals surface area (Å²) in [5.74, 6) is 0.971. The first kappa shape index (κ1) is 18.4. The van der Waals surface area contributed by atoms with Crippen molar-refractivity contribution in [2.24, 2.45) is 7.05 Å². The Hall–Kier alpha value is -2.42. The first-order valence-corrected chi connectivity index (χ1v) is 9.45. The van der Waals surface area contributed by atoms with E-state index in [4.69, 9.17) is 0 Å². The van der Waals surface area contributed by atoms with Crippen LogP contribution >= 0.6 is 0 Å². The third-order valence-electron chi connectivity index (χ3n) is 5.13. The molecule has 0 bridgehead atoms. The van der Waals surface area contributed by atoms with E-state index in [2.05, 4.69) is 99.6 Å². The summed E-state index contributed by atoms with van der Waals surface area (Å²) in [6.07, 6.45) is 6.37. The molecule has 0 amide bonds. The van der Waals surface area contributed by atoms with E-state index in [1.54, 1.807) is 0 Å². The maximum atomic E-state index is 4.50. The summed E-state index contributed by atoms with van der Waals surface area (Å²) in [7, 11) is 2.10. The molecule has 0 N–H and O–H groups in total. The lowest BCUT2D eigenvalue weighted by Gasteiger charge is -2.18. The third kappa shape index (κ3) is 3.18. The fourth-order valence-electron chi connectivity index (χ4n) is 3.79. The molecule has 0 atom stereocenters. The minimum atomic E-state index is 0.485. The molecule has 0 aliphatic heterocycles. The van der Waals surface area contributed by atoms with Crippen molar-refractivity contribution in [3.05, 3.63) is 65.2 Å². The number of rotatable bonds is 4. The van der Waals surface area contributed by atoms with Gasteiger partial charge in [-0.3, -0.25) is 4.98 Å². The molecular weight excluding hydrogens is 318 g/mol. The van der Waals surface area contributed by atoms with E-state index in [0.717, 1.165) is 11.4 Å². The monoisotopic (exact) mass is 348 g/mol. The Kier molecular flexibility index (Phi) is 4.99. The van der Waals surface area contributed by atoms with Crippen LogP contribution in [0.5, 0.6) is 0 Å². The quantitative estimate of drug-likeness (QED) is 0.592. The summed E-state index contributed by atoms with van der Waals surface area (Å²) < 4.78 is 4.38. The van der Waals surface area contributed by atoms with Crippen molar-refractivity contribution in [3.8, 4) is 16.8 Å². The smallest absolute Gasteiger partial charge is 0.203 e. The van der Waals surface area contributed by atoms with E-state index in [1.807, 2.05) is 6.20 Å². The maximum Gasteiger partial charge on any atom is 0.203 e. The number of nitrogens with zero attached hydrogens (tertiary/aromatic N) is 3. The minimum Gasteiger partial charge on any atom is -0.259 e. The Morgan fingerprint density at radius 1 is 0.962 bits per heavy atom. The van der Waals surface area contributed by atoms with Gasteiger partial charge in [0.25, 0.3) is 0 Å². The van der Waals surface area contributed by atoms with Crippen molar-refractivity contribution in [3.63, 3.8) is 0 Å². The molecular formula is C23H30N3+. The largest absolute Gasteiger partial charge is 0.259 e. The molecule has 0 saturated heterocycles. The summed E-state index contributed by atoms with van der Waals surface area (Å²) in [6.45, 7) is 13.3. The first-order chi connectivity index (χ1) is 12.3. The highest BCUT2D eigenvalue weighted by Gasteiger charge is 2.22. The Morgan fingerprint density at radius 2 is 1.58 bits per heavy atom. The second-order valence-corrected chi connectivity index (χ2v) is 7.81. The fourth-order valence-corrected chi connectivity index (χ4v) is 3.79. The van der Waals surface area contributed by atoms with Gasteiger partial charge in [-0.15, -0.1) is 9.36 Å². The van der Waals surface area contributed by atoms with Crippen LogP contribution in [0, 0.1) is 13.8 Å². The predicted molar refractivity (Wildman–Crippen MR) is 108 cm³/mol. The first-order valence-electron chi connectivity index (χ1n) is 9.45. The van der Waals surface area contributed by atoms with Crippen LogP contribution in [-0.4, -0.2) is 9.67 Å². The van der Waals surface area contributed by atoms with Gasteiger partial charge < -0.3 is 0 Å². The maximum absolute atomic E-state index is 4.50. The lowest BCUT2D eigenvalue weighted by molar-refractivity contribution is -0.744. The summed E-state index contributed by atoms with van der Waals surface area (Å²) in [5.41, 5.74) is 8.91. The predicted octanol–water partition coefficient (Wildman–Crippen LogP) is 5.23. The molecule has 1 aromatic carbocycles. The molecule has 0 fully saturated rings. The minimum absolute atomic E-state index is 0.485. The zero-order valence-corrected chi connectivity index (χ0v) is 17.0. The van der Waals surface area contributed by atoms with Gasteiger partial charge in [0.15, 0.2) is 7.05 Å². The molecule has 0 spiro atoms. The van der Waals surface area contributed by atoms with Crippen LogP contribution in [0.4, 0.5) is 0 Å². The van der Waals surface area contributed by atoms with Gasteiger partial charge in [-0.2, -0.15) is 0 Å². The molecule has 3 rings (SSSR count). The molecule has 3 nitrogen and oxygen atoms in total. The Bertz CT molecular complexity index is 886. The van der Waals surface area contributed by atoms with Crippen LogP contribution in [0.15, 0.2) is 42.9 Å². The number of aromatic nitrogens is 3. The summed E-state index contributed by atoms with van der Waals surface area (Å²) in [4.78, 5) is 4.50. The second-order valence-electron chi connectivity index (χ2n) is 7.81. The van der Waals surface area contributed by atoms with Crippen molar-refractivity contribution in [1.29, 1.82) is 0 Å². The molecule has 0 saturated carbocycles. The number of aryl methyl sites for hydroxylation is 3. The van der Waals surface area contributed by atoms with Gasteiger partial charge in [-0.05, 0) is 54.0 Å². The van der Waals surface area contributed by atoms with Crippen LogP contribution in [0.25, 0.3) is 16.8 Å². The lowest BCUT2D eigenvalue weighted by Crippen LogP contribution is -2.37. The van der Waals surface area contributed by atoms with Gasteiger partial charge in [0, 0.05) is 6.20 Å². The number of benzene rings is 1. The molecule has 2 heterocycles. The average Bonchev–Trinajstić information content (AvgIpc) is 2.95. The van der Waals surface area contributed by atoms with Gasteiger partial charge in [0.2, 0.25) is 6.20 Å². The van der Waals surface area contributed by atoms with Gasteiger partial charge >= 0.3 is 0 Å². The van der Waals surface area contributed by atoms with Crippen molar-refractivity contribution in [2.75, 3.05) is 0 Å². The highest BCUT2D eigenvalue weighted by molar-refractivity contribution is 5.71. The normalized spacial score (nSPS) is 11.6. The molecule has 0 radical (unpaired) electrons. The van der Waals surface area contributed by atoms with Crippen molar-refractivity contribution >= 4 is 0 Å². The van der Waals surface area contributed by atoms with E-state index in [0.29, 0.717) is 11.8 Å². The summed E-state index contributed by atoms with van der Waals surface area (Å²) >= 11 is 0. The zero-order valence-electron chi connectivity index (χ0n) is 17.0. The van der Waals surface area contributed by atoms with E-state index in [9.17, 15) is 0 Å². The molecule has 2 aromatic heterocycles. The van der Waals surface area contributed by atoms with E-state index in [-0.39, 0.29) is 0 Å². The lowest BCUT2D eigenvalue weighted by atomic mass is 9.86. The van der Waals surface area contributed by atoms with Crippen LogP contribution in [0.2, 0.25) is 0 Å². The number of hydrogen-bond donors (Lipinski definition) is 0. The third-order valence-corrected chi connectivity index (χ3v) is 5.13. The molecule has 3 aromatic rings. The van der Waals surface area contributed by atoms with Gasteiger partial charge in [-0.1, -0.05) is 45.9 Å². The molecule has 26 heavy (non-hydrogen) atoms. The Morgan fingerprint density at radius 3 is 2.12 bits per heavy atom. The van der Waals surface area contributed by atoms with Gasteiger partial charge in [-0.25, -0.2) is 0 Å². The van der Waals surface area contributed by atoms with Crippen LogP contribution in [-0.2, 0) is 7.05 Å². The van der Waals surface area contributed by atoms with Crippen LogP contribution in [0.1, 0.15) is 61.9 Å². The van der Waals surface area contributed by atoms with Crippen LogP contribution < -0.4 is 4.68 Å². The zero-order chi connectivity index (χ0) is 19.0. The van der Waals surface area contributed by atoms with E-state index in [1.165, 1.54) is 27.8 Å². The topological polar surface area (TPSA) is 21.7 Å². The fraction of sp³-hybridized carbons (Fsp3) is 0.391. The van der Waals surface area contributed by atoms with Gasteiger partial charge in [0.1, 0.15) is 5.69 Å². The molecule has 0 unspecified atom stereocenters. The Labute approximate surface area is 157 Å². The summed E-state index contributed by atoms with van der Waals surface area (Å²) in [6, 6.07) is 8.80. The molecule has 0 aliphatic rings. The second kappa shape index (κ2) is 7.06. The van der Waals surface area contributed by atoms with Crippen molar-refractivity contribution < 1.29 is 4.68 Å². The number of pyridine rings is 1. The van der Waals surface area contributed by atoms with Crippen LogP contribution in [0.3, 0.4) is 0 Å². The molecule has 136 valence electrons. The standard InChI is InChI=1S/C23H30N3/c1-15(2)20-9-8-10-21(16(3)4)22(20)19-13-25(7)26(14-19)23-17(5)11-12-24-18(23)6/h8-16H,1-7H3/q+1. The Balaban J connectivity index is 2.25.